The molecule has 70 valence electrons. The van der Waals surface area contributed by atoms with Crippen LogP contribution in [-0.2, 0) is 0 Å². The van der Waals surface area contributed by atoms with Crippen molar-refractivity contribution in [1.29, 1.82) is 0 Å². The monoisotopic (exact) mass is 186 g/mol. The van der Waals surface area contributed by atoms with E-state index in [4.69, 9.17) is 5.11 Å². The fourth-order valence-electron chi connectivity index (χ4n) is 0.542. The summed E-state index contributed by atoms with van der Waals surface area (Å²) in [5.74, 6) is 0. The van der Waals surface area contributed by atoms with E-state index in [1.807, 2.05) is 6.92 Å². The number of rotatable bonds is 1. The summed E-state index contributed by atoms with van der Waals surface area (Å²) in [6, 6.07) is 0. The van der Waals surface area contributed by atoms with Gasteiger partial charge in [0.15, 0.2) is 0 Å². The van der Waals surface area contributed by atoms with Crippen LogP contribution in [0.4, 0.5) is 0 Å². The molecule has 12 heavy (non-hydrogen) atoms. The molecular weight excluding hydrogens is 168 g/mol. The highest BCUT2D eigenvalue weighted by Crippen LogP contribution is 1.97. The summed E-state index contributed by atoms with van der Waals surface area (Å²) in [5, 5.41) is 8.66. The fourth-order valence-corrected chi connectivity index (χ4v) is 0.542. The molecular formula is C10H18OS. The van der Waals surface area contributed by atoms with Gasteiger partial charge in [-0.2, -0.15) is 12.6 Å². The van der Waals surface area contributed by atoms with Crippen molar-refractivity contribution >= 4 is 12.6 Å². The van der Waals surface area contributed by atoms with Gasteiger partial charge in [0.1, 0.15) is 0 Å². The molecule has 0 aromatic rings. The third kappa shape index (κ3) is 7.89. The van der Waals surface area contributed by atoms with E-state index in [0.717, 1.165) is 12.8 Å². The molecule has 0 saturated carbocycles. The van der Waals surface area contributed by atoms with Crippen molar-refractivity contribution in [3.05, 3.63) is 24.3 Å². The number of hydrogen-bond acceptors (Lipinski definition) is 2. The predicted octanol–water partition coefficient (Wildman–Crippen LogP) is 2.58. The minimum atomic E-state index is -0.284. The lowest BCUT2D eigenvalue weighted by Gasteiger charge is -2.03. The van der Waals surface area contributed by atoms with Crippen molar-refractivity contribution < 1.29 is 5.11 Å². The maximum Gasteiger partial charge on any atom is 0.0625 e. The van der Waals surface area contributed by atoms with Crippen LogP contribution in [0.5, 0.6) is 0 Å². The molecule has 1 nitrogen and oxygen atoms in total. The Kier molecular flexibility index (Phi) is 7.31. The van der Waals surface area contributed by atoms with Gasteiger partial charge in [-0.25, -0.2) is 0 Å². The largest absolute Gasteiger partial charge is 0.392 e. The van der Waals surface area contributed by atoms with E-state index >= 15 is 0 Å². The van der Waals surface area contributed by atoms with Gasteiger partial charge >= 0.3 is 0 Å². The van der Waals surface area contributed by atoms with Gasteiger partial charge in [0.2, 0.25) is 0 Å². The first-order valence-corrected chi connectivity index (χ1v) is 4.82. The van der Waals surface area contributed by atoms with Gasteiger partial charge in [-0.05, 0) is 19.8 Å². The molecule has 0 heterocycles. The van der Waals surface area contributed by atoms with Crippen LogP contribution >= 0.6 is 12.6 Å². The summed E-state index contributed by atoms with van der Waals surface area (Å²) in [7, 11) is 0. The van der Waals surface area contributed by atoms with E-state index in [9.17, 15) is 0 Å². The molecule has 0 aliphatic heterocycles. The molecule has 2 unspecified atom stereocenters. The Labute approximate surface area is 80.6 Å². The zero-order chi connectivity index (χ0) is 9.40. The minimum Gasteiger partial charge on any atom is -0.392 e. The average molecular weight is 186 g/mol. The molecule has 0 bridgehead atoms. The lowest BCUT2D eigenvalue weighted by atomic mass is 10.2. The van der Waals surface area contributed by atoms with E-state index < -0.39 is 0 Å². The molecule has 0 aromatic heterocycles. The van der Waals surface area contributed by atoms with E-state index in [-0.39, 0.29) is 11.4 Å². The third-order valence-corrected chi connectivity index (χ3v) is 2.01. The maximum absolute atomic E-state index is 8.55. The second-order valence-electron chi connectivity index (χ2n) is 2.90. The minimum absolute atomic E-state index is 0.102. The molecule has 1 aliphatic carbocycles. The molecule has 2 atom stereocenters. The summed E-state index contributed by atoms with van der Waals surface area (Å²) in [5.41, 5.74) is 0. The van der Waals surface area contributed by atoms with Crippen molar-refractivity contribution in [1.82, 2.24) is 0 Å². The van der Waals surface area contributed by atoms with Crippen LogP contribution in [0.3, 0.4) is 0 Å². The first-order chi connectivity index (χ1) is 5.64. The van der Waals surface area contributed by atoms with Gasteiger partial charge in [-0.15, -0.1) is 0 Å². The van der Waals surface area contributed by atoms with Crippen LogP contribution in [0.2, 0.25) is 0 Å². The predicted molar refractivity (Wildman–Crippen MR) is 57.6 cm³/mol. The molecule has 0 amide bonds. The first-order valence-electron chi connectivity index (χ1n) is 4.30. The highest BCUT2D eigenvalue weighted by Gasteiger charge is 1.98. The van der Waals surface area contributed by atoms with Gasteiger partial charge < -0.3 is 5.11 Å². The van der Waals surface area contributed by atoms with Crippen LogP contribution in [-0.4, -0.2) is 16.5 Å². The van der Waals surface area contributed by atoms with Crippen molar-refractivity contribution in [3.63, 3.8) is 0 Å². The highest BCUT2D eigenvalue weighted by molar-refractivity contribution is 7.81. The molecule has 0 saturated heterocycles. The molecule has 0 aromatic carbocycles. The summed E-state index contributed by atoms with van der Waals surface area (Å²) in [6.07, 6.45) is 10.7. The molecule has 0 radical (unpaired) electrons. The average Bonchev–Trinajstić information content (AvgIpc) is 2.08. The Bertz CT molecular complexity index is 122. The lowest BCUT2D eigenvalue weighted by molar-refractivity contribution is 0.197. The smallest absolute Gasteiger partial charge is 0.0625 e. The van der Waals surface area contributed by atoms with Crippen LogP contribution < -0.4 is 0 Å². The molecule has 1 rings (SSSR count). The quantitative estimate of drug-likeness (QED) is 0.476. The zero-order valence-electron chi connectivity index (χ0n) is 7.77. The summed E-state index contributed by atoms with van der Waals surface area (Å²) in [4.78, 5) is 0. The number of aliphatic hydroxyl groups excluding tert-OH is 1. The second kappa shape index (κ2) is 7.44. The van der Waals surface area contributed by atoms with Crippen molar-refractivity contribution in [2.75, 3.05) is 0 Å². The number of hydrogen-bond donors (Lipinski definition) is 2. The fraction of sp³-hybridized carbons (Fsp3) is 0.600. The molecule has 1 N–H and O–H groups in total. The molecule has 1 aliphatic rings. The summed E-state index contributed by atoms with van der Waals surface area (Å²) >= 11 is 3.94. The Hall–Kier alpha value is -0.210. The van der Waals surface area contributed by atoms with Gasteiger partial charge in [0, 0.05) is 5.25 Å². The topological polar surface area (TPSA) is 20.2 Å². The van der Waals surface area contributed by atoms with E-state index in [0.29, 0.717) is 0 Å². The van der Waals surface area contributed by atoms with Crippen LogP contribution in [0.1, 0.15) is 26.7 Å². The number of aliphatic hydroxyl groups is 1. The Morgan fingerprint density at radius 2 is 1.33 bits per heavy atom. The van der Waals surface area contributed by atoms with Gasteiger partial charge in [-0.1, -0.05) is 31.2 Å². The first kappa shape index (κ1) is 11.8. The van der Waals surface area contributed by atoms with Crippen molar-refractivity contribution in [3.8, 4) is 0 Å². The van der Waals surface area contributed by atoms with E-state index in [1.54, 1.807) is 6.92 Å². The highest BCUT2D eigenvalue weighted by atomic mass is 32.1. The van der Waals surface area contributed by atoms with Gasteiger partial charge in [-0.3, -0.25) is 0 Å². The van der Waals surface area contributed by atoms with Crippen molar-refractivity contribution in [2.24, 2.45) is 0 Å². The van der Waals surface area contributed by atoms with Crippen LogP contribution in [0.25, 0.3) is 0 Å². The van der Waals surface area contributed by atoms with E-state index in [1.165, 1.54) is 0 Å². The van der Waals surface area contributed by atoms with Crippen molar-refractivity contribution in [2.45, 2.75) is 38.0 Å². The zero-order valence-corrected chi connectivity index (χ0v) is 8.67. The summed E-state index contributed by atoms with van der Waals surface area (Å²) < 4.78 is 0. The summed E-state index contributed by atoms with van der Waals surface area (Å²) in [6.45, 7) is 3.57. The molecule has 0 fully saturated rings. The van der Waals surface area contributed by atoms with E-state index in [2.05, 4.69) is 36.9 Å². The van der Waals surface area contributed by atoms with Gasteiger partial charge in [0.25, 0.3) is 0 Å². The maximum atomic E-state index is 8.55. The molecule has 0 spiro atoms. The second-order valence-corrected chi connectivity index (χ2v) is 3.71. The number of allylic oxidation sites excluding steroid dienone is 4. The third-order valence-electron chi connectivity index (χ3n) is 1.58. The van der Waals surface area contributed by atoms with Crippen LogP contribution in [0.15, 0.2) is 24.3 Å². The van der Waals surface area contributed by atoms with Crippen LogP contribution in [0, 0.1) is 0 Å². The SMILES string of the molecule is C1=CCC=CC1.CC(O)C(C)S. The van der Waals surface area contributed by atoms with Gasteiger partial charge in [0.05, 0.1) is 6.10 Å². The number of thiol groups is 1. The Balaban J connectivity index is 0.000000202. The normalized spacial score (nSPS) is 19.3. The standard InChI is InChI=1S/C6H8.C4H10OS/c1-2-4-6-5-3-1;1-3(5)4(2)6/h1-2,5-6H,3-4H2;3-6H,1-2H3. The Morgan fingerprint density at radius 1 is 1.08 bits per heavy atom. The lowest BCUT2D eigenvalue weighted by Crippen LogP contribution is -2.11. The molecule has 2 heteroatoms. The Morgan fingerprint density at radius 3 is 1.42 bits per heavy atom.